The number of benzene rings is 2. The Hall–Kier alpha value is -3.42. The van der Waals surface area contributed by atoms with Crippen LogP contribution in [0.4, 0.5) is 22.7 Å². The number of rotatable bonds is 5. The maximum Gasteiger partial charge on any atom is 0.293 e. The summed E-state index contributed by atoms with van der Waals surface area (Å²) in [6.07, 6.45) is 3.34. The fourth-order valence-corrected chi connectivity index (χ4v) is 4.20. The summed E-state index contributed by atoms with van der Waals surface area (Å²) in [5, 5.41) is 14.5. The van der Waals surface area contributed by atoms with Gasteiger partial charge in [-0.25, -0.2) is 0 Å². The smallest absolute Gasteiger partial charge is 0.293 e. The molecule has 8 nitrogen and oxygen atoms in total. The molecule has 2 aliphatic rings. The SMILES string of the molecule is CC1CCN(c2ccc(C(=O)Nc3cccc(N4CCCC4=O)c3)cc2[N+](=O)[O-])CC1. The Labute approximate surface area is 181 Å². The molecule has 2 heterocycles. The molecule has 0 aliphatic carbocycles. The van der Waals surface area contributed by atoms with Crippen LogP contribution in [0.15, 0.2) is 42.5 Å². The fourth-order valence-electron chi connectivity index (χ4n) is 4.20. The molecule has 8 heteroatoms. The minimum Gasteiger partial charge on any atom is -0.366 e. The molecular formula is C23H26N4O4. The van der Waals surface area contributed by atoms with Crippen molar-refractivity contribution in [3.8, 4) is 0 Å². The van der Waals surface area contributed by atoms with Gasteiger partial charge in [0.05, 0.1) is 4.92 Å². The van der Waals surface area contributed by atoms with Gasteiger partial charge in [-0.3, -0.25) is 19.7 Å². The summed E-state index contributed by atoms with van der Waals surface area (Å²) in [5.74, 6) is 0.264. The van der Waals surface area contributed by atoms with Crippen LogP contribution in [0.1, 0.15) is 43.0 Å². The number of amides is 2. The van der Waals surface area contributed by atoms with E-state index in [2.05, 4.69) is 12.2 Å². The summed E-state index contributed by atoms with van der Waals surface area (Å²) in [6, 6.07) is 11.7. The molecule has 2 aliphatic heterocycles. The van der Waals surface area contributed by atoms with Crippen molar-refractivity contribution in [2.45, 2.75) is 32.6 Å². The van der Waals surface area contributed by atoms with E-state index >= 15 is 0 Å². The lowest BCUT2D eigenvalue weighted by Gasteiger charge is -2.31. The minimum atomic E-state index is -0.427. The molecule has 0 atom stereocenters. The van der Waals surface area contributed by atoms with Crippen molar-refractivity contribution < 1.29 is 14.5 Å². The van der Waals surface area contributed by atoms with Crippen LogP contribution in [0.25, 0.3) is 0 Å². The molecule has 0 bridgehead atoms. The van der Waals surface area contributed by atoms with Gasteiger partial charge in [0.1, 0.15) is 5.69 Å². The quantitative estimate of drug-likeness (QED) is 0.575. The molecule has 0 unspecified atom stereocenters. The summed E-state index contributed by atoms with van der Waals surface area (Å²) in [5.41, 5.74) is 2.00. The number of nitro groups is 1. The van der Waals surface area contributed by atoms with Gasteiger partial charge in [0.2, 0.25) is 5.91 Å². The normalized spacial score (nSPS) is 17.1. The number of anilines is 3. The predicted octanol–water partition coefficient (Wildman–Crippen LogP) is 4.21. The number of carbonyl (C=O) groups excluding carboxylic acids is 2. The van der Waals surface area contributed by atoms with E-state index < -0.39 is 10.8 Å². The first kappa shape index (κ1) is 20.8. The summed E-state index contributed by atoms with van der Waals surface area (Å²) in [7, 11) is 0. The zero-order valence-corrected chi connectivity index (χ0v) is 17.5. The summed E-state index contributed by atoms with van der Waals surface area (Å²) in [6.45, 7) is 4.40. The second-order valence-electron chi connectivity index (χ2n) is 8.28. The molecule has 0 aromatic heterocycles. The summed E-state index contributed by atoms with van der Waals surface area (Å²) >= 11 is 0. The number of hydrogen-bond donors (Lipinski definition) is 1. The topological polar surface area (TPSA) is 95.8 Å². The monoisotopic (exact) mass is 422 g/mol. The van der Waals surface area contributed by atoms with Crippen LogP contribution in [0, 0.1) is 16.0 Å². The molecule has 0 radical (unpaired) electrons. The molecule has 0 spiro atoms. The van der Waals surface area contributed by atoms with Gasteiger partial charge in [-0.2, -0.15) is 0 Å². The van der Waals surface area contributed by atoms with E-state index in [0.717, 1.165) is 38.0 Å². The van der Waals surface area contributed by atoms with E-state index in [1.807, 2.05) is 11.0 Å². The standard InChI is InChI=1S/C23H26N4O4/c1-16-9-12-25(13-10-16)20-8-7-17(14-21(20)27(30)31)23(29)24-18-4-2-5-19(15-18)26-11-3-6-22(26)28/h2,4-5,7-8,14-16H,3,6,9-13H2,1H3,(H,24,29). The van der Waals surface area contributed by atoms with Crippen molar-refractivity contribution in [2.24, 2.45) is 5.92 Å². The lowest BCUT2D eigenvalue weighted by atomic mass is 9.98. The number of nitrogens with one attached hydrogen (secondary N) is 1. The Morgan fingerprint density at radius 1 is 1.13 bits per heavy atom. The van der Waals surface area contributed by atoms with Crippen molar-refractivity contribution in [3.63, 3.8) is 0 Å². The molecule has 2 aromatic rings. The molecule has 162 valence electrons. The number of nitro benzene ring substituents is 1. The maximum absolute atomic E-state index is 12.8. The molecule has 0 saturated carbocycles. The van der Waals surface area contributed by atoms with Crippen molar-refractivity contribution in [2.75, 3.05) is 34.8 Å². The number of hydrogen-bond acceptors (Lipinski definition) is 5. The van der Waals surface area contributed by atoms with Crippen LogP contribution >= 0.6 is 0 Å². The van der Waals surface area contributed by atoms with E-state index in [1.165, 1.54) is 6.07 Å². The second kappa shape index (κ2) is 8.75. The highest BCUT2D eigenvalue weighted by Gasteiger charge is 2.25. The average molecular weight is 422 g/mol. The summed E-state index contributed by atoms with van der Waals surface area (Å²) < 4.78 is 0. The lowest BCUT2D eigenvalue weighted by Crippen LogP contribution is -2.33. The van der Waals surface area contributed by atoms with E-state index in [9.17, 15) is 19.7 Å². The van der Waals surface area contributed by atoms with Crippen LogP contribution in [0.2, 0.25) is 0 Å². The van der Waals surface area contributed by atoms with E-state index in [-0.39, 0.29) is 17.2 Å². The van der Waals surface area contributed by atoms with Crippen LogP contribution in [-0.2, 0) is 4.79 Å². The first-order valence-electron chi connectivity index (χ1n) is 10.7. The highest BCUT2D eigenvalue weighted by Crippen LogP contribution is 2.33. The van der Waals surface area contributed by atoms with Gasteiger partial charge in [0.15, 0.2) is 0 Å². The zero-order chi connectivity index (χ0) is 22.0. The molecular weight excluding hydrogens is 396 g/mol. The van der Waals surface area contributed by atoms with Crippen molar-refractivity contribution in [3.05, 3.63) is 58.1 Å². The minimum absolute atomic E-state index is 0.0568. The molecule has 2 aromatic carbocycles. The Balaban J connectivity index is 1.53. The van der Waals surface area contributed by atoms with Crippen molar-refractivity contribution in [1.29, 1.82) is 0 Å². The van der Waals surface area contributed by atoms with Gasteiger partial charge in [-0.1, -0.05) is 13.0 Å². The van der Waals surface area contributed by atoms with Crippen LogP contribution < -0.4 is 15.1 Å². The van der Waals surface area contributed by atoms with Crippen LogP contribution in [-0.4, -0.2) is 36.4 Å². The number of piperidine rings is 1. The average Bonchev–Trinajstić information content (AvgIpc) is 3.20. The molecule has 2 saturated heterocycles. The first-order chi connectivity index (χ1) is 14.9. The Morgan fingerprint density at radius 3 is 2.58 bits per heavy atom. The van der Waals surface area contributed by atoms with E-state index in [1.54, 1.807) is 35.2 Å². The fraction of sp³-hybridized carbons (Fsp3) is 0.391. The molecule has 2 fully saturated rings. The highest BCUT2D eigenvalue weighted by atomic mass is 16.6. The Bertz CT molecular complexity index is 1010. The third-order valence-corrected chi connectivity index (χ3v) is 6.05. The molecule has 1 N–H and O–H groups in total. The van der Waals surface area contributed by atoms with Gasteiger partial charge in [0.25, 0.3) is 11.6 Å². The second-order valence-corrected chi connectivity index (χ2v) is 8.28. The van der Waals surface area contributed by atoms with Gasteiger partial charge in [0, 0.05) is 49.1 Å². The Kier molecular flexibility index (Phi) is 5.88. The third-order valence-electron chi connectivity index (χ3n) is 6.05. The first-order valence-corrected chi connectivity index (χ1v) is 10.7. The van der Waals surface area contributed by atoms with Crippen LogP contribution in [0.5, 0.6) is 0 Å². The number of carbonyl (C=O) groups is 2. The van der Waals surface area contributed by atoms with Crippen LogP contribution in [0.3, 0.4) is 0 Å². The highest BCUT2D eigenvalue weighted by molar-refractivity contribution is 6.05. The zero-order valence-electron chi connectivity index (χ0n) is 17.5. The van der Waals surface area contributed by atoms with Gasteiger partial charge in [-0.15, -0.1) is 0 Å². The number of nitrogens with zero attached hydrogens (tertiary/aromatic N) is 3. The third kappa shape index (κ3) is 4.52. The largest absolute Gasteiger partial charge is 0.366 e. The summed E-state index contributed by atoms with van der Waals surface area (Å²) in [4.78, 5) is 39.8. The van der Waals surface area contributed by atoms with Crippen molar-refractivity contribution >= 4 is 34.6 Å². The van der Waals surface area contributed by atoms with Gasteiger partial charge < -0.3 is 15.1 Å². The van der Waals surface area contributed by atoms with E-state index in [4.69, 9.17) is 0 Å². The predicted molar refractivity (Wildman–Crippen MR) is 120 cm³/mol. The van der Waals surface area contributed by atoms with Gasteiger partial charge in [-0.05, 0) is 55.5 Å². The molecule has 4 rings (SSSR count). The van der Waals surface area contributed by atoms with E-state index in [0.29, 0.717) is 30.3 Å². The van der Waals surface area contributed by atoms with Crippen molar-refractivity contribution in [1.82, 2.24) is 0 Å². The lowest BCUT2D eigenvalue weighted by molar-refractivity contribution is -0.384. The Morgan fingerprint density at radius 2 is 1.90 bits per heavy atom. The maximum atomic E-state index is 12.8. The molecule has 2 amide bonds. The molecule has 31 heavy (non-hydrogen) atoms. The van der Waals surface area contributed by atoms with Gasteiger partial charge >= 0.3 is 0 Å².